The highest BCUT2D eigenvalue weighted by molar-refractivity contribution is 5.73. The quantitative estimate of drug-likeness (QED) is 0.845. The molecule has 100 valence electrons. The molecule has 3 N–H and O–H groups in total. The number of nitrogens with one attached hydrogen (secondary N) is 1. The van der Waals surface area contributed by atoms with Crippen molar-refractivity contribution in [1.82, 2.24) is 14.8 Å². The Morgan fingerprint density at radius 1 is 1.53 bits per heavy atom. The van der Waals surface area contributed by atoms with Crippen LogP contribution in [0.1, 0.15) is 18.5 Å². The van der Waals surface area contributed by atoms with Gasteiger partial charge >= 0.3 is 0 Å². The lowest BCUT2D eigenvalue weighted by Crippen LogP contribution is -2.18. The third kappa shape index (κ3) is 3.51. The maximum Gasteiger partial charge on any atom is 0.239 e. The molecular weight excluding hydrogens is 249 g/mol. The number of halogens is 1. The highest BCUT2D eigenvalue weighted by Gasteiger charge is 2.08. The fourth-order valence-electron chi connectivity index (χ4n) is 1.68. The van der Waals surface area contributed by atoms with E-state index in [1.807, 2.05) is 6.92 Å². The van der Waals surface area contributed by atoms with Crippen LogP contribution in [0.4, 0.5) is 10.1 Å². The van der Waals surface area contributed by atoms with E-state index in [0.29, 0.717) is 0 Å². The summed E-state index contributed by atoms with van der Waals surface area (Å²) in [5.74, 6) is -0.840. The van der Waals surface area contributed by atoms with Gasteiger partial charge in [-0.25, -0.2) is 4.39 Å². The number of carbonyl (C=O) groups excluding carboxylic acids is 1. The predicted molar refractivity (Wildman–Crippen MR) is 67.7 cm³/mol. The Balaban J connectivity index is 2.04. The molecule has 1 atom stereocenters. The van der Waals surface area contributed by atoms with E-state index >= 15 is 0 Å². The van der Waals surface area contributed by atoms with Crippen LogP contribution in [-0.2, 0) is 11.3 Å². The van der Waals surface area contributed by atoms with Crippen molar-refractivity contribution in [2.75, 3.05) is 5.32 Å². The SMILES string of the molecule is CC(Nc1cnn(CC(N)=O)c1)c1cncc(F)c1. The Morgan fingerprint density at radius 3 is 3.00 bits per heavy atom. The van der Waals surface area contributed by atoms with Gasteiger partial charge in [0.15, 0.2) is 0 Å². The van der Waals surface area contributed by atoms with Gasteiger partial charge < -0.3 is 11.1 Å². The first-order valence-electron chi connectivity index (χ1n) is 5.72. The van der Waals surface area contributed by atoms with Gasteiger partial charge in [-0.05, 0) is 18.6 Å². The second-order valence-electron chi connectivity index (χ2n) is 4.20. The van der Waals surface area contributed by atoms with Crippen molar-refractivity contribution >= 4 is 11.6 Å². The Kier molecular flexibility index (Phi) is 3.74. The second-order valence-corrected chi connectivity index (χ2v) is 4.20. The third-order valence-electron chi connectivity index (χ3n) is 2.56. The minimum absolute atomic E-state index is 0.0254. The van der Waals surface area contributed by atoms with Crippen LogP contribution in [0.15, 0.2) is 30.9 Å². The molecule has 0 radical (unpaired) electrons. The molecule has 7 heteroatoms. The Hall–Kier alpha value is -2.44. The van der Waals surface area contributed by atoms with Crippen molar-refractivity contribution in [1.29, 1.82) is 0 Å². The van der Waals surface area contributed by atoms with Crippen molar-refractivity contribution in [3.05, 3.63) is 42.2 Å². The highest BCUT2D eigenvalue weighted by Crippen LogP contribution is 2.18. The summed E-state index contributed by atoms with van der Waals surface area (Å²) in [7, 11) is 0. The lowest BCUT2D eigenvalue weighted by atomic mass is 10.1. The molecule has 2 aromatic heterocycles. The number of hydrogen-bond acceptors (Lipinski definition) is 4. The summed E-state index contributed by atoms with van der Waals surface area (Å²) in [4.78, 5) is 14.5. The van der Waals surface area contributed by atoms with Gasteiger partial charge in [-0.1, -0.05) is 0 Å². The topological polar surface area (TPSA) is 85.8 Å². The normalized spacial score (nSPS) is 12.1. The van der Waals surface area contributed by atoms with Gasteiger partial charge in [0.25, 0.3) is 0 Å². The number of primary amides is 1. The molecule has 0 saturated heterocycles. The second kappa shape index (κ2) is 5.47. The zero-order valence-corrected chi connectivity index (χ0v) is 10.4. The number of carbonyl (C=O) groups is 1. The van der Waals surface area contributed by atoms with Gasteiger partial charge in [0.2, 0.25) is 5.91 Å². The van der Waals surface area contributed by atoms with E-state index in [0.717, 1.165) is 17.4 Å². The van der Waals surface area contributed by atoms with Crippen LogP contribution in [-0.4, -0.2) is 20.7 Å². The molecular formula is C12H14FN5O. The molecule has 2 aromatic rings. The molecule has 1 amide bonds. The van der Waals surface area contributed by atoms with Crippen LogP contribution in [0.3, 0.4) is 0 Å². The van der Waals surface area contributed by atoms with Gasteiger partial charge in [-0.15, -0.1) is 0 Å². The largest absolute Gasteiger partial charge is 0.376 e. The molecule has 0 saturated carbocycles. The first kappa shape index (κ1) is 13.0. The Morgan fingerprint density at radius 2 is 2.32 bits per heavy atom. The van der Waals surface area contributed by atoms with E-state index in [1.165, 1.54) is 10.7 Å². The number of nitrogens with zero attached hydrogens (tertiary/aromatic N) is 3. The van der Waals surface area contributed by atoms with E-state index in [9.17, 15) is 9.18 Å². The number of aromatic nitrogens is 3. The maximum absolute atomic E-state index is 13.1. The van der Waals surface area contributed by atoms with Crippen molar-refractivity contribution in [2.45, 2.75) is 19.5 Å². The van der Waals surface area contributed by atoms with Crippen LogP contribution >= 0.6 is 0 Å². The van der Waals surface area contributed by atoms with E-state index in [2.05, 4.69) is 15.4 Å². The van der Waals surface area contributed by atoms with Gasteiger partial charge in [-0.2, -0.15) is 5.10 Å². The summed E-state index contributed by atoms with van der Waals surface area (Å²) in [5, 5.41) is 7.12. The highest BCUT2D eigenvalue weighted by atomic mass is 19.1. The minimum Gasteiger partial charge on any atom is -0.376 e. The first-order valence-corrected chi connectivity index (χ1v) is 5.72. The molecule has 0 aliphatic rings. The molecule has 19 heavy (non-hydrogen) atoms. The number of hydrogen-bond donors (Lipinski definition) is 2. The molecule has 0 spiro atoms. The van der Waals surface area contributed by atoms with Crippen LogP contribution in [0.5, 0.6) is 0 Å². The van der Waals surface area contributed by atoms with Gasteiger partial charge in [0.05, 0.1) is 24.1 Å². The molecule has 0 aromatic carbocycles. The van der Waals surface area contributed by atoms with Crippen molar-refractivity contribution < 1.29 is 9.18 Å². The number of anilines is 1. The van der Waals surface area contributed by atoms with Crippen LogP contribution in [0.25, 0.3) is 0 Å². The number of rotatable bonds is 5. The van der Waals surface area contributed by atoms with E-state index < -0.39 is 5.91 Å². The predicted octanol–water partition coefficient (Wildman–Crippen LogP) is 1.08. The lowest BCUT2D eigenvalue weighted by Gasteiger charge is -2.13. The smallest absolute Gasteiger partial charge is 0.239 e. The standard InChI is InChI=1S/C12H14FN5O/c1-8(9-2-10(13)4-15-3-9)17-11-5-16-18(6-11)7-12(14)19/h2-6,8,17H,7H2,1H3,(H2,14,19). The van der Waals surface area contributed by atoms with E-state index in [4.69, 9.17) is 5.73 Å². The van der Waals surface area contributed by atoms with Gasteiger partial charge in [-0.3, -0.25) is 14.5 Å². The zero-order valence-electron chi connectivity index (χ0n) is 10.4. The van der Waals surface area contributed by atoms with Crippen LogP contribution in [0, 0.1) is 5.82 Å². The van der Waals surface area contributed by atoms with Crippen molar-refractivity contribution in [3.63, 3.8) is 0 Å². The monoisotopic (exact) mass is 263 g/mol. The lowest BCUT2D eigenvalue weighted by molar-refractivity contribution is -0.118. The minimum atomic E-state index is -0.461. The summed E-state index contributed by atoms with van der Waals surface area (Å²) < 4.78 is 14.5. The number of amides is 1. The summed E-state index contributed by atoms with van der Waals surface area (Å²) >= 11 is 0. The summed E-state index contributed by atoms with van der Waals surface area (Å²) in [5.41, 5.74) is 6.52. The van der Waals surface area contributed by atoms with Crippen LogP contribution < -0.4 is 11.1 Å². The van der Waals surface area contributed by atoms with Crippen molar-refractivity contribution in [3.8, 4) is 0 Å². The summed E-state index contributed by atoms with van der Waals surface area (Å²) in [6, 6.07) is 1.29. The number of pyridine rings is 1. The Labute approximate surface area is 109 Å². The van der Waals surface area contributed by atoms with Crippen molar-refractivity contribution in [2.24, 2.45) is 5.73 Å². The molecule has 2 heterocycles. The molecule has 1 unspecified atom stereocenters. The molecule has 2 rings (SSSR count). The molecule has 0 fully saturated rings. The third-order valence-corrected chi connectivity index (χ3v) is 2.56. The first-order chi connectivity index (χ1) is 9.04. The summed E-state index contributed by atoms with van der Waals surface area (Å²) in [6.45, 7) is 1.90. The fraction of sp³-hybridized carbons (Fsp3) is 0.250. The van der Waals surface area contributed by atoms with Crippen LogP contribution in [0.2, 0.25) is 0 Å². The average molecular weight is 263 g/mol. The van der Waals surface area contributed by atoms with Gasteiger partial charge in [0, 0.05) is 12.4 Å². The fourth-order valence-corrected chi connectivity index (χ4v) is 1.68. The molecule has 0 aliphatic heterocycles. The van der Waals surface area contributed by atoms with E-state index in [-0.39, 0.29) is 18.4 Å². The molecule has 6 nitrogen and oxygen atoms in total. The zero-order chi connectivity index (χ0) is 13.8. The number of nitrogens with two attached hydrogens (primary N) is 1. The summed E-state index contributed by atoms with van der Waals surface area (Å²) in [6.07, 6.45) is 5.98. The average Bonchev–Trinajstić information content (AvgIpc) is 2.75. The molecule has 0 bridgehead atoms. The molecule has 0 aliphatic carbocycles. The van der Waals surface area contributed by atoms with Gasteiger partial charge in [0.1, 0.15) is 12.4 Å². The van der Waals surface area contributed by atoms with E-state index in [1.54, 1.807) is 18.6 Å². The maximum atomic E-state index is 13.1. The Bertz CT molecular complexity index is 583.